The van der Waals surface area contributed by atoms with E-state index >= 15 is 0 Å². The fraction of sp³-hybridized carbons (Fsp3) is 0.444. The van der Waals surface area contributed by atoms with Gasteiger partial charge in [0.15, 0.2) is 0 Å². The summed E-state index contributed by atoms with van der Waals surface area (Å²) in [4.78, 5) is 35.7. The molecule has 2 amide bonds. The quantitative estimate of drug-likeness (QED) is 0.604. The Bertz CT molecular complexity index is 924. The molecule has 1 aromatic rings. The molecule has 0 atom stereocenters. The molecule has 0 radical (unpaired) electrons. The van der Waals surface area contributed by atoms with E-state index in [-0.39, 0.29) is 40.6 Å². The minimum absolute atomic E-state index is 0.221. The number of rotatable bonds is 4. The largest absolute Gasteiger partial charge is 0.483 e. The van der Waals surface area contributed by atoms with Crippen LogP contribution in [0.2, 0.25) is 0 Å². The Morgan fingerprint density at radius 1 is 1.38 bits per heavy atom. The minimum atomic E-state index is -5.07. The molecule has 0 spiro atoms. The fourth-order valence-corrected chi connectivity index (χ4v) is 3.45. The second-order valence-corrected chi connectivity index (χ2v) is 7.21. The summed E-state index contributed by atoms with van der Waals surface area (Å²) in [5.74, 6) is -2.12. The van der Waals surface area contributed by atoms with Crippen molar-refractivity contribution in [1.29, 1.82) is 0 Å². The monoisotopic (exact) mass is 413 g/mol. The van der Waals surface area contributed by atoms with Gasteiger partial charge in [0, 0.05) is 42.8 Å². The standard InChI is InChI=1S/C18H18F3N3O5/c1-17(2)12(9-22-16(26)18(19,20)21)15(23-7-3-4-14(23)25)11-8-10(24(27)28)5-6-13(11)29-17/h5-6,8H,3-4,7,9H2,1-2H3,(H,22,26). The first-order chi connectivity index (χ1) is 13.4. The first-order valence-corrected chi connectivity index (χ1v) is 8.78. The summed E-state index contributed by atoms with van der Waals surface area (Å²) in [5.41, 5.74) is -0.733. The Morgan fingerprint density at radius 3 is 2.62 bits per heavy atom. The maximum absolute atomic E-state index is 12.6. The van der Waals surface area contributed by atoms with Gasteiger partial charge in [0.05, 0.1) is 10.6 Å². The number of hydrogen-bond acceptors (Lipinski definition) is 5. The van der Waals surface area contributed by atoms with Gasteiger partial charge >= 0.3 is 12.1 Å². The van der Waals surface area contributed by atoms with Gasteiger partial charge in [0.25, 0.3) is 5.69 Å². The van der Waals surface area contributed by atoms with Crippen LogP contribution in [0, 0.1) is 10.1 Å². The number of ether oxygens (including phenoxy) is 1. The van der Waals surface area contributed by atoms with E-state index in [9.17, 15) is 32.9 Å². The highest BCUT2D eigenvalue weighted by molar-refractivity contribution is 5.92. The number of nitro benzene ring substituents is 1. The third-order valence-electron chi connectivity index (χ3n) is 4.83. The van der Waals surface area contributed by atoms with Crippen LogP contribution in [0.1, 0.15) is 32.3 Å². The molecular formula is C18H18F3N3O5. The van der Waals surface area contributed by atoms with Gasteiger partial charge in [0.2, 0.25) is 5.91 Å². The van der Waals surface area contributed by atoms with Gasteiger partial charge in [-0.3, -0.25) is 19.7 Å². The molecule has 156 valence electrons. The lowest BCUT2D eigenvalue weighted by Gasteiger charge is -2.39. The lowest BCUT2D eigenvalue weighted by atomic mass is 9.88. The molecular weight excluding hydrogens is 395 g/mol. The van der Waals surface area contributed by atoms with Crippen molar-refractivity contribution in [2.24, 2.45) is 0 Å². The van der Waals surface area contributed by atoms with Crippen LogP contribution in [0.15, 0.2) is 23.8 Å². The van der Waals surface area contributed by atoms with Gasteiger partial charge in [-0.25, -0.2) is 0 Å². The van der Waals surface area contributed by atoms with Gasteiger partial charge in [0.1, 0.15) is 11.4 Å². The number of hydrogen-bond donors (Lipinski definition) is 1. The molecule has 3 rings (SSSR count). The number of nitrogens with one attached hydrogen (secondary N) is 1. The molecule has 2 heterocycles. The van der Waals surface area contributed by atoms with E-state index < -0.39 is 29.2 Å². The number of alkyl halides is 3. The van der Waals surface area contributed by atoms with Crippen molar-refractivity contribution in [2.45, 2.75) is 38.5 Å². The summed E-state index contributed by atoms with van der Waals surface area (Å²) in [6, 6.07) is 3.85. The highest BCUT2D eigenvalue weighted by Gasteiger charge is 2.43. The van der Waals surface area contributed by atoms with Crippen LogP contribution in [0.3, 0.4) is 0 Å². The van der Waals surface area contributed by atoms with Crippen molar-refractivity contribution >= 4 is 23.2 Å². The third-order valence-corrected chi connectivity index (χ3v) is 4.83. The topological polar surface area (TPSA) is 102 Å². The van der Waals surface area contributed by atoms with Crippen LogP contribution < -0.4 is 10.1 Å². The van der Waals surface area contributed by atoms with Gasteiger partial charge in [-0.1, -0.05) is 0 Å². The average molecular weight is 413 g/mol. The van der Waals surface area contributed by atoms with E-state index in [1.54, 1.807) is 13.8 Å². The number of nitrogens with zero attached hydrogens (tertiary/aromatic N) is 2. The maximum Gasteiger partial charge on any atom is 0.471 e. The number of benzene rings is 1. The predicted octanol–water partition coefficient (Wildman–Crippen LogP) is 2.78. The number of fused-ring (bicyclic) bond motifs is 1. The molecule has 0 saturated carbocycles. The lowest BCUT2D eigenvalue weighted by molar-refractivity contribution is -0.384. The van der Waals surface area contributed by atoms with E-state index in [1.165, 1.54) is 23.1 Å². The fourth-order valence-electron chi connectivity index (χ4n) is 3.45. The SMILES string of the molecule is CC1(C)Oc2ccc([N+](=O)[O-])cc2C(N2CCCC2=O)=C1CNC(=O)C(F)(F)F. The molecule has 11 heteroatoms. The van der Waals surface area contributed by atoms with E-state index in [2.05, 4.69) is 0 Å². The first kappa shape index (κ1) is 20.6. The highest BCUT2D eigenvalue weighted by Crippen LogP contribution is 2.44. The zero-order valence-electron chi connectivity index (χ0n) is 15.6. The van der Waals surface area contributed by atoms with Crippen molar-refractivity contribution < 1.29 is 32.4 Å². The normalized spacial score (nSPS) is 18.4. The molecule has 2 aliphatic heterocycles. The van der Waals surface area contributed by atoms with E-state index in [0.29, 0.717) is 13.0 Å². The van der Waals surface area contributed by atoms with Crippen molar-refractivity contribution in [3.05, 3.63) is 39.4 Å². The second-order valence-electron chi connectivity index (χ2n) is 7.21. The maximum atomic E-state index is 12.6. The number of carbonyl (C=O) groups excluding carboxylic acids is 2. The van der Waals surface area contributed by atoms with Gasteiger partial charge < -0.3 is 15.0 Å². The van der Waals surface area contributed by atoms with Crippen LogP contribution in [-0.2, 0) is 9.59 Å². The summed E-state index contributed by atoms with van der Waals surface area (Å²) < 4.78 is 43.8. The van der Waals surface area contributed by atoms with Crippen LogP contribution >= 0.6 is 0 Å². The molecule has 0 unspecified atom stereocenters. The summed E-state index contributed by atoms with van der Waals surface area (Å²) >= 11 is 0. The van der Waals surface area contributed by atoms with Crippen LogP contribution in [-0.4, -0.2) is 46.5 Å². The molecule has 2 aliphatic rings. The van der Waals surface area contributed by atoms with Crippen LogP contribution in [0.4, 0.5) is 18.9 Å². The molecule has 1 N–H and O–H groups in total. The molecule has 1 saturated heterocycles. The number of likely N-dealkylation sites (tertiary alicyclic amines) is 1. The Labute approximate surface area is 163 Å². The van der Waals surface area contributed by atoms with Crippen molar-refractivity contribution in [3.63, 3.8) is 0 Å². The molecule has 1 fully saturated rings. The van der Waals surface area contributed by atoms with Crippen molar-refractivity contribution in [1.82, 2.24) is 10.2 Å². The van der Waals surface area contributed by atoms with Gasteiger partial charge in [-0.05, 0) is 26.3 Å². The number of amides is 2. The van der Waals surface area contributed by atoms with E-state index in [0.717, 1.165) is 0 Å². The smallest absolute Gasteiger partial charge is 0.471 e. The Kier molecular flexibility index (Phi) is 5.01. The molecule has 0 bridgehead atoms. The Morgan fingerprint density at radius 2 is 2.07 bits per heavy atom. The molecule has 0 aliphatic carbocycles. The zero-order valence-corrected chi connectivity index (χ0v) is 15.6. The summed E-state index contributed by atoms with van der Waals surface area (Å²) in [6.45, 7) is 2.95. The molecule has 1 aromatic carbocycles. The predicted molar refractivity (Wildman–Crippen MR) is 94.7 cm³/mol. The summed E-state index contributed by atoms with van der Waals surface area (Å²) in [6.07, 6.45) is -4.28. The Hall–Kier alpha value is -3.11. The van der Waals surface area contributed by atoms with Gasteiger partial charge in [-0.15, -0.1) is 0 Å². The van der Waals surface area contributed by atoms with E-state index in [4.69, 9.17) is 4.74 Å². The van der Waals surface area contributed by atoms with Gasteiger partial charge in [-0.2, -0.15) is 13.2 Å². The van der Waals surface area contributed by atoms with Crippen LogP contribution in [0.25, 0.3) is 5.70 Å². The first-order valence-electron chi connectivity index (χ1n) is 8.78. The molecule has 29 heavy (non-hydrogen) atoms. The number of carbonyl (C=O) groups is 2. The third kappa shape index (κ3) is 3.89. The van der Waals surface area contributed by atoms with Crippen molar-refractivity contribution in [3.8, 4) is 5.75 Å². The number of non-ortho nitro benzene ring substituents is 1. The van der Waals surface area contributed by atoms with Crippen molar-refractivity contribution in [2.75, 3.05) is 13.1 Å². The lowest BCUT2D eigenvalue weighted by Crippen LogP contribution is -2.45. The zero-order chi connectivity index (χ0) is 21.6. The summed E-state index contributed by atoms with van der Waals surface area (Å²) in [7, 11) is 0. The number of nitro groups is 1. The average Bonchev–Trinajstić information content (AvgIpc) is 3.02. The molecule has 0 aromatic heterocycles. The highest BCUT2D eigenvalue weighted by atomic mass is 19.4. The van der Waals surface area contributed by atoms with E-state index in [1.807, 2.05) is 5.32 Å². The minimum Gasteiger partial charge on any atom is -0.483 e. The molecule has 8 nitrogen and oxygen atoms in total. The summed E-state index contributed by atoms with van der Waals surface area (Å²) in [5, 5.41) is 13.0. The second kappa shape index (κ2) is 7.05. The Balaban J connectivity index is 2.15. The van der Waals surface area contributed by atoms with Crippen LogP contribution in [0.5, 0.6) is 5.75 Å². The number of halogens is 3.